The lowest BCUT2D eigenvalue weighted by atomic mass is 9.99. The first kappa shape index (κ1) is 16.0. The van der Waals surface area contributed by atoms with Gasteiger partial charge in [-0.05, 0) is 44.2 Å². The minimum atomic E-state index is -0.210. The molecule has 1 heterocycles. The largest absolute Gasteiger partial charge is 0.294 e. The summed E-state index contributed by atoms with van der Waals surface area (Å²) in [7, 11) is 0. The number of hydrogen-bond acceptors (Lipinski definition) is 3. The third kappa shape index (κ3) is 3.63. The van der Waals surface area contributed by atoms with Crippen LogP contribution in [0.5, 0.6) is 0 Å². The van der Waals surface area contributed by atoms with Gasteiger partial charge in [-0.15, -0.1) is 0 Å². The first-order valence-corrected chi connectivity index (χ1v) is 7.91. The van der Waals surface area contributed by atoms with Gasteiger partial charge in [-0.2, -0.15) is 0 Å². The Balaban J connectivity index is 2.04. The maximum Gasteiger partial charge on any atom is 0.241 e. The van der Waals surface area contributed by atoms with E-state index in [-0.39, 0.29) is 11.8 Å². The molecule has 1 aromatic rings. The average Bonchev–Trinajstić information content (AvgIpc) is 2.87. The number of amides is 1. The summed E-state index contributed by atoms with van der Waals surface area (Å²) in [6.07, 6.45) is 3.82. The van der Waals surface area contributed by atoms with Crippen molar-refractivity contribution in [2.75, 3.05) is 0 Å². The fraction of sp³-hybridized carbons (Fsp3) is 0.588. The van der Waals surface area contributed by atoms with E-state index in [1.807, 2.05) is 19.1 Å². The van der Waals surface area contributed by atoms with Crippen LogP contribution in [0.1, 0.15) is 57.1 Å². The number of hydrogen-bond donors (Lipinski definition) is 2. The molecule has 0 aliphatic carbocycles. The summed E-state index contributed by atoms with van der Waals surface area (Å²) >= 11 is 0. The molecule has 3 unspecified atom stereocenters. The van der Waals surface area contributed by atoms with E-state index in [0.29, 0.717) is 12.1 Å². The van der Waals surface area contributed by atoms with Gasteiger partial charge in [0.05, 0.1) is 5.92 Å². The lowest BCUT2D eigenvalue weighted by Gasteiger charge is -2.27. The van der Waals surface area contributed by atoms with E-state index in [0.717, 1.165) is 12.1 Å². The second-order valence-corrected chi connectivity index (χ2v) is 6.13. The molecule has 1 aliphatic heterocycles. The predicted octanol–water partition coefficient (Wildman–Crippen LogP) is 2.54. The third-order valence-electron chi connectivity index (χ3n) is 4.80. The van der Waals surface area contributed by atoms with Crippen LogP contribution in [0.2, 0.25) is 0 Å². The van der Waals surface area contributed by atoms with E-state index in [1.165, 1.54) is 24.8 Å². The number of carbonyl (C=O) groups excluding carboxylic acids is 1. The lowest BCUT2D eigenvalue weighted by Crippen LogP contribution is -2.34. The lowest BCUT2D eigenvalue weighted by molar-refractivity contribution is -0.122. The average molecular weight is 289 g/mol. The quantitative estimate of drug-likeness (QED) is 0.497. The van der Waals surface area contributed by atoms with Crippen molar-refractivity contribution in [2.45, 2.75) is 64.6 Å². The molecule has 0 saturated carbocycles. The molecule has 2 rings (SSSR count). The van der Waals surface area contributed by atoms with Crippen LogP contribution in [0.3, 0.4) is 0 Å². The summed E-state index contributed by atoms with van der Waals surface area (Å²) < 4.78 is 0. The van der Waals surface area contributed by atoms with Crippen molar-refractivity contribution < 1.29 is 4.79 Å². The van der Waals surface area contributed by atoms with Crippen molar-refractivity contribution in [2.24, 2.45) is 5.84 Å². The molecule has 3 N–H and O–H groups in total. The minimum Gasteiger partial charge on any atom is -0.294 e. The molecule has 21 heavy (non-hydrogen) atoms. The number of nitrogens with zero attached hydrogens (tertiary/aromatic N) is 1. The first-order valence-electron chi connectivity index (χ1n) is 7.91. The topological polar surface area (TPSA) is 58.4 Å². The molecule has 0 radical (unpaired) electrons. The number of rotatable bonds is 5. The zero-order chi connectivity index (χ0) is 15.4. The Kier molecular flexibility index (Phi) is 5.37. The predicted molar refractivity (Wildman–Crippen MR) is 85.5 cm³/mol. The second-order valence-electron chi connectivity index (χ2n) is 6.13. The van der Waals surface area contributed by atoms with Crippen LogP contribution in [-0.2, 0) is 11.3 Å². The zero-order valence-electron chi connectivity index (χ0n) is 13.3. The zero-order valence-corrected chi connectivity index (χ0v) is 13.3. The molecule has 1 saturated heterocycles. The normalized spacial score (nSPS) is 24.0. The molecule has 3 atom stereocenters. The fourth-order valence-corrected chi connectivity index (χ4v) is 3.25. The van der Waals surface area contributed by atoms with Gasteiger partial charge in [0.2, 0.25) is 5.91 Å². The summed E-state index contributed by atoms with van der Waals surface area (Å²) in [6.45, 7) is 7.45. The van der Waals surface area contributed by atoms with E-state index < -0.39 is 0 Å². The molecule has 4 nitrogen and oxygen atoms in total. The highest BCUT2D eigenvalue weighted by molar-refractivity contribution is 5.82. The Bertz CT molecular complexity index is 471. The van der Waals surface area contributed by atoms with Gasteiger partial charge in [-0.3, -0.25) is 15.1 Å². The van der Waals surface area contributed by atoms with Gasteiger partial charge < -0.3 is 0 Å². The van der Waals surface area contributed by atoms with Crippen molar-refractivity contribution in [3.8, 4) is 0 Å². The van der Waals surface area contributed by atoms with E-state index in [9.17, 15) is 4.79 Å². The monoisotopic (exact) mass is 289 g/mol. The van der Waals surface area contributed by atoms with Gasteiger partial charge in [0.25, 0.3) is 0 Å². The molecule has 1 aromatic carbocycles. The SMILES string of the molecule is CCC1CCC(C)N1Cc1ccc(C(C)C(=O)NN)cc1. The molecular formula is C17H27N3O. The highest BCUT2D eigenvalue weighted by atomic mass is 16.2. The number of nitrogens with one attached hydrogen (secondary N) is 1. The molecule has 1 fully saturated rings. The Hall–Kier alpha value is -1.39. The van der Waals surface area contributed by atoms with Gasteiger partial charge in [0.15, 0.2) is 0 Å². The van der Waals surface area contributed by atoms with Crippen molar-refractivity contribution in [1.29, 1.82) is 0 Å². The number of carbonyl (C=O) groups is 1. The van der Waals surface area contributed by atoms with Crippen LogP contribution in [0.15, 0.2) is 24.3 Å². The molecule has 1 amide bonds. The summed E-state index contributed by atoms with van der Waals surface area (Å²) in [5.74, 6) is 4.83. The van der Waals surface area contributed by atoms with E-state index >= 15 is 0 Å². The molecule has 1 aliphatic rings. The van der Waals surface area contributed by atoms with Crippen LogP contribution in [-0.4, -0.2) is 22.9 Å². The number of benzene rings is 1. The van der Waals surface area contributed by atoms with Crippen LogP contribution < -0.4 is 11.3 Å². The Morgan fingerprint density at radius 2 is 2.05 bits per heavy atom. The standard InChI is InChI=1S/C17H27N3O/c1-4-16-10-5-12(2)20(16)11-14-6-8-15(9-7-14)13(3)17(21)19-18/h6-9,12-13,16H,4-5,10-11,18H2,1-3H3,(H,19,21). The molecule has 0 aromatic heterocycles. The maximum atomic E-state index is 11.6. The fourth-order valence-electron chi connectivity index (χ4n) is 3.25. The Labute approximate surface area is 127 Å². The van der Waals surface area contributed by atoms with Crippen LogP contribution >= 0.6 is 0 Å². The molecule has 116 valence electrons. The summed E-state index contributed by atoms with van der Waals surface area (Å²) in [5, 5.41) is 0. The Morgan fingerprint density at radius 3 is 2.62 bits per heavy atom. The van der Waals surface area contributed by atoms with Gasteiger partial charge >= 0.3 is 0 Å². The van der Waals surface area contributed by atoms with Gasteiger partial charge in [-0.25, -0.2) is 5.84 Å². The summed E-state index contributed by atoms with van der Waals surface area (Å²) in [5.41, 5.74) is 4.52. The van der Waals surface area contributed by atoms with Crippen molar-refractivity contribution >= 4 is 5.91 Å². The highest BCUT2D eigenvalue weighted by Crippen LogP contribution is 2.28. The van der Waals surface area contributed by atoms with Crippen molar-refractivity contribution in [3.63, 3.8) is 0 Å². The van der Waals surface area contributed by atoms with Crippen molar-refractivity contribution in [1.82, 2.24) is 10.3 Å². The number of nitrogens with two attached hydrogens (primary N) is 1. The van der Waals surface area contributed by atoms with E-state index in [4.69, 9.17) is 5.84 Å². The van der Waals surface area contributed by atoms with Crippen molar-refractivity contribution in [3.05, 3.63) is 35.4 Å². The van der Waals surface area contributed by atoms with Gasteiger partial charge in [0.1, 0.15) is 0 Å². The van der Waals surface area contributed by atoms with E-state index in [2.05, 4.69) is 36.3 Å². The van der Waals surface area contributed by atoms with E-state index in [1.54, 1.807) is 0 Å². The minimum absolute atomic E-state index is 0.151. The molecule has 0 bridgehead atoms. The van der Waals surface area contributed by atoms with Crippen LogP contribution in [0, 0.1) is 0 Å². The second kappa shape index (κ2) is 7.05. The number of likely N-dealkylation sites (tertiary alicyclic amines) is 1. The Morgan fingerprint density at radius 1 is 1.38 bits per heavy atom. The maximum absolute atomic E-state index is 11.6. The van der Waals surface area contributed by atoms with Crippen LogP contribution in [0.4, 0.5) is 0 Å². The molecule has 0 spiro atoms. The third-order valence-corrected chi connectivity index (χ3v) is 4.80. The van der Waals surface area contributed by atoms with Gasteiger partial charge in [0, 0.05) is 18.6 Å². The highest BCUT2D eigenvalue weighted by Gasteiger charge is 2.28. The first-order chi connectivity index (χ1) is 10.1. The van der Waals surface area contributed by atoms with Crippen LogP contribution in [0.25, 0.3) is 0 Å². The summed E-state index contributed by atoms with van der Waals surface area (Å²) in [4.78, 5) is 14.2. The summed E-state index contributed by atoms with van der Waals surface area (Å²) in [6, 6.07) is 9.72. The molecule has 4 heteroatoms. The molecular weight excluding hydrogens is 262 g/mol. The smallest absolute Gasteiger partial charge is 0.241 e. The number of hydrazine groups is 1. The van der Waals surface area contributed by atoms with Gasteiger partial charge in [-0.1, -0.05) is 31.2 Å².